The average molecular weight is 349 g/mol. The summed E-state index contributed by atoms with van der Waals surface area (Å²) in [5, 5.41) is 3.34. The molecule has 0 aromatic carbocycles. The number of rotatable bonds is 2. The van der Waals surface area contributed by atoms with Gasteiger partial charge in [-0.05, 0) is 64.7 Å². The molecule has 0 spiro atoms. The van der Waals surface area contributed by atoms with Crippen LogP contribution in [0.25, 0.3) is 5.57 Å². The first-order valence-electron chi connectivity index (χ1n) is 8.27. The summed E-state index contributed by atoms with van der Waals surface area (Å²) in [4.78, 5) is 16.6. The summed E-state index contributed by atoms with van der Waals surface area (Å²) in [7, 11) is 0. The van der Waals surface area contributed by atoms with Crippen LogP contribution in [0, 0.1) is 19.3 Å². The molecule has 2 rings (SSSR count). The minimum absolute atomic E-state index is 0.0323. The molecule has 0 atom stereocenters. The quantitative estimate of drug-likeness (QED) is 0.603. The Morgan fingerprint density at radius 1 is 1.17 bits per heavy atom. The van der Waals surface area contributed by atoms with Crippen LogP contribution in [0.4, 0.5) is 0 Å². The molecule has 1 saturated heterocycles. The molecule has 1 aromatic heterocycles. The number of aromatic nitrogens is 1. The molecule has 4 nitrogen and oxygen atoms in total. The van der Waals surface area contributed by atoms with Gasteiger partial charge in [-0.25, -0.2) is 4.79 Å². The SMILES string of the molecule is C/C(=C1\CC(C)(C)C(=S)N1)c1[nH]c(C(=O)OC(C)(C)C)c(C)c1C. The molecule has 2 heterocycles. The number of hydrogen-bond acceptors (Lipinski definition) is 3. The van der Waals surface area contributed by atoms with Gasteiger partial charge in [-0.2, -0.15) is 0 Å². The van der Waals surface area contributed by atoms with Crippen molar-refractivity contribution < 1.29 is 9.53 Å². The molecule has 0 amide bonds. The summed E-state index contributed by atoms with van der Waals surface area (Å²) in [5.41, 5.74) is 5.16. The zero-order valence-corrected chi connectivity index (χ0v) is 16.7. The van der Waals surface area contributed by atoms with Crippen LogP contribution in [-0.2, 0) is 4.74 Å². The Hall–Kier alpha value is -1.62. The summed E-state index contributed by atoms with van der Waals surface area (Å²) in [6.07, 6.45) is 0.872. The van der Waals surface area contributed by atoms with E-state index in [1.54, 1.807) is 0 Å². The molecule has 2 N–H and O–H groups in total. The maximum Gasteiger partial charge on any atom is 0.355 e. The van der Waals surface area contributed by atoms with Crippen molar-refractivity contribution in [3.8, 4) is 0 Å². The van der Waals surface area contributed by atoms with E-state index >= 15 is 0 Å². The van der Waals surface area contributed by atoms with Crippen molar-refractivity contribution in [3.63, 3.8) is 0 Å². The lowest BCUT2D eigenvalue weighted by Crippen LogP contribution is -2.24. The average Bonchev–Trinajstić information content (AvgIpc) is 2.86. The van der Waals surface area contributed by atoms with E-state index in [0.717, 1.165) is 39.5 Å². The second kappa shape index (κ2) is 6.03. The van der Waals surface area contributed by atoms with Crippen LogP contribution in [0.15, 0.2) is 5.70 Å². The van der Waals surface area contributed by atoms with Gasteiger partial charge in [0.25, 0.3) is 0 Å². The fourth-order valence-corrected chi connectivity index (χ4v) is 3.04. The molecule has 24 heavy (non-hydrogen) atoms. The molecule has 0 bridgehead atoms. The molecular weight excluding hydrogens is 320 g/mol. The van der Waals surface area contributed by atoms with E-state index in [4.69, 9.17) is 17.0 Å². The van der Waals surface area contributed by atoms with Gasteiger partial charge in [-0.3, -0.25) is 0 Å². The first-order chi connectivity index (χ1) is 10.8. The highest BCUT2D eigenvalue weighted by Crippen LogP contribution is 2.36. The maximum absolute atomic E-state index is 12.4. The number of carbonyl (C=O) groups excluding carboxylic acids is 1. The first-order valence-corrected chi connectivity index (χ1v) is 8.68. The predicted octanol–water partition coefficient (Wildman–Crippen LogP) is 4.66. The van der Waals surface area contributed by atoms with Crippen molar-refractivity contribution in [1.82, 2.24) is 10.3 Å². The fraction of sp³-hybridized carbons (Fsp3) is 0.579. The molecule has 5 heteroatoms. The van der Waals surface area contributed by atoms with E-state index in [1.165, 1.54) is 0 Å². The van der Waals surface area contributed by atoms with Crippen molar-refractivity contribution in [3.05, 3.63) is 28.2 Å². The third kappa shape index (κ3) is 3.56. The number of ether oxygens (including phenoxy) is 1. The summed E-state index contributed by atoms with van der Waals surface area (Å²) in [6.45, 7) is 15.9. The van der Waals surface area contributed by atoms with Crippen LogP contribution in [0.3, 0.4) is 0 Å². The molecule has 1 aromatic rings. The Bertz CT molecular complexity index is 733. The van der Waals surface area contributed by atoms with Gasteiger partial charge in [0.05, 0.1) is 4.99 Å². The van der Waals surface area contributed by atoms with Gasteiger partial charge in [0, 0.05) is 16.8 Å². The van der Waals surface area contributed by atoms with Gasteiger partial charge < -0.3 is 15.0 Å². The van der Waals surface area contributed by atoms with Gasteiger partial charge in [0.15, 0.2) is 0 Å². The van der Waals surface area contributed by atoms with Crippen LogP contribution in [-0.4, -0.2) is 21.5 Å². The molecule has 0 unspecified atom stereocenters. The second-order valence-electron chi connectivity index (χ2n) is 8.25. The van der Waals surface area contributed by atoms with Crippen LogP contribution < -0.4 is 5.32 Å². The van der Waals surface area contributed by atoms with Crippen molar-refractivity contribution in [2.24, 2.45) is 5.41 Å². The van der Waals surface area contributed by atoms with Crippen molar-refractivity contribution in [2.45, 2.75) is 67.4 Å². The van der Waals surface area contributed by atoms with E-state index in [1.807, 2.05) is 34.6 Å². The van der Waals surface area contributed by atoms with Crippen LogP contribution in [0.2, 0.25) is 0 Å². The van der Waals surface area contributed by atoms with Gasteiger partial charge >= 0.3 is 5.97 Å². The number of H-pyrrole nitrogens is 1. The number of aromatic amines is 1. The normalized spacial score (nSPS) is 19.2. The zero-order valence-electron chi connectivity index (χ0n) is 15.9. The Balaban J connectivity index is 2.42. The van der Waals surface area contributed by atoms with Gasteiger partial charge in [0.2, 0.25) is 0 Å². The second-order valence-corrected chi connectivity index (χ2v) is 8.65. The van der Waals surface area contributed by atoms with E-state index in [-0.39, 0.29) is 11.4 Å². The topological polar surface area (TPSA) is 54.1 Å². The van der Waals surface area contributed by atoms with Gasteiger partial charge in [0.1, 0.15) is 11.3 Å². The zero-order chi connectivity index (χ0) is 18.4. The molecule has 132 valence electrons. The summed E-state index contributed by atoms with van der Waals surface area (Å²) in [5.74, 6) is -0.317. The largest absolute Gasteiger partial charge is 0.455 e. The Kier molecular flexibility index (Phi) is 4.70. The monoisotopic (exact) mass is 348 g/mol. The standard InChI is InChI=1S/C19H28N2O2S/c1-10-11(2)15(16(22)23-18(4,5)6)21-14(10)12(3)13-9-19(7,8)17(24)20-13/h21H,9H2,1-8H3,(H,20,24)/b13-12-. The van der Waals surface area contributed by atoms with Crippen molar-refractivity contribution in [2.75, 3.05) is 0 Å². The molecule has 0 saturated carbocycles. The lowest BCUT2D eigenvalue weighted by Gasteiger charge is -2.19. The van der Waals surface area contributed by atoms with Crippen LogP contribution in [0.1, 0.15) is 75.3 Å². The molecule has 1 fully saturated rings. The third-order valence-electron chi connectivity index (χ3n) is 4.49. The molecule has 1 aliphatic rings. The smallest absolute Gasteiger partial charge is 0.355 e. The van der Waals surface area contributed by atoms with Crippen LogP contribution >= 0.6 is 12.2 Å². The molecule has 0 aliphatic carbocycles. The van der Waals surface area contributed by atoms with Gasteiger partial charge in [-0.1, -0.05) is 26.1 Å². The predicted molar refractivity (Wildman–Crippen MR) is 102 cm³/mol. The van der Waals surface area contributed by atoms with Crippen molar-refractivity contribution >= 4 is 28.7 Å². The number of allylic oxidation sites excluding steroid dienone is 2. The highest BCUT2D eigenvalue weighted by atomic mass is 32.1. The number of hydrogen-bond donors (Lipinski definition) is 2. The molecule has 0 radical (unpaired) electrons. The van der Waals surface area contributed by atoms with Crippen molar-refractivity contribution in [1.29, 1.82) is 0 Å². The summed E-state index contributed by atoms with van der Waals surface area (Å²) < 4.78 is 5.51. The van der Waals surface area contributed by atoms with Gasteiger partial charge in [-0.15, -0.1) is 0 Å². The first kappa shape index (κ1) is 18.7. The van der Waals surface area contributed by atoms with E-state index < -0.39 is 5.60 Å². The Morgan fingerprint density at radius 3 is 2.17 bits per heavy atom. The Morgan fingerprint density at radius 2 is 1.71 bits per heavy atom. The molecule has 1 aliphatic heterocycles. The number of carbonyl (C=O) groups is 1. The lowest BCUT2D eigenvalue weighted by atomic mass is 9.90. The Labute approximate surface area is 150 Å². The van der Waals surface area contributed by atoms with E-state index in [9.17, 15) is 4.79 Å². The third-order valence-corrected chi connectivity index (χ3v) is 5.15. The fourth-order valence-electron chi connectivity index (χ4n) is 2.85. The lowest BCUT2D eigenvalue weighted by molar-refractivity contribution is 0.00627. The number of nitrogens with one attached hydrogen (secondary N) is 2. The molecular formula is C19H28N2O2S. The van der Waals surface area contributed by atoms with Crippen LogP contribution in [0.5, 0.6) is 0 Å². The van der Waals surface area contributed by atoms with E-state index in [0.29, 0.717) is 5.69 Å². The minimum Gasteiger partial charge on any atom is -0.455 e. The number of thiocarbonyl (C=S) groups is 1. The maximum atomic E-state index is 12.4. The number of esters is 1. The highest BCUT2D eigenvalue weighted by molar-refractivity contribution is 7.80. The highest BCUT2D eigenvalue weighted by Gasteiger charge is 2.34. The summed E-state index contributed by atoms with van der Waals surface area (Å²) >= 11 is 5.44. The van der Waals surface area contributed by atoms with E-state index in [2.05, 4.69) is 31.1 Å². The minimum atomic E-state index is -0.514. The summed E-state index contributed by atoms with van der Waals surface area (Å²) in [6, 6.07) is 0.